The lowest BCUT2D eigenvalue weighted by Gasteiger charge is -2.18. The van der Waals surface area contributed by atoms with E-state index in [2.05, 4.69) is 118 Å². The molecule has 0 aliphatic heterocycles. The molecule has 0 N–H and O–H groups in total. The van der Waals surface area contributed by atoms with Crippen LogP contribution in [0.2, 0.25) is 0 Å². The predicted molar refractivity (Wildman–Crippen MR) is 284 cm³/mol. The zero-order valence-electron chi connectivity index (χ0n) is 42.9. The van der Waals surface area contributed by atoms with Crippen molar-refractivity contribution in [2.75, 3.05) is 13.2 Å². The van der Waals surface area contributed by atoms with Crippen LogP contribution in [-0.4, -0.2) is 37.2 Å². The van der Waals surface area contributed by atoms with E-state index in [0.717, 1.165) is 128 Å². The van der Waals surface area contributed by atoms with Crippen LogP contribution in [0.15, 0.2) is 97.2 Å². The van der Waals surface area contributed by atoms with Gasteiger partial charge in [0.2, 0.25) is 0 Å². The Morgan fingerprint density at radius 1 is 0.318 bits per heavy atom. The topological polar surface area (TPSA) is 78.9 Å². The molecule has 6 heteroatoms. The molecule has 66 heavy (non-hydrogen) atoms. The first kappa shape index (κ1) is 62.3. The van der Waals surface area contributed by atoms with Crippen molar-refractivity contribution in [3.05, 3.63) is 97.2 Å². The fourth-order valence-electron chi connectivity index (χ4n) is 7.25. The van der Waals surface area contributed by atoms with Crippen molar-refractivity contribution in [3.8, 4) is 0 Å². The Kier molecular flexibility index (Phi) is 50.9. The number of carbonyl (C=O) groups is 3. The third kappa shape index (κ3) is 51.3. The highest BCUT2D eigenvalue weighted by Gasteiger charge is 2.19. The van der Waals surface area contributed by atoms with E-state index in [-0.39, 0.29) is 31.1 Å². The van der Waals surface area contributed by atoms with Gasteiger partial charge in [0.1, 0.15) is 13.2 Å². The first-order valence-electron chi connectivity index (χ1n) is 27.2. The van der Waals surface area contributed by atoms with Crippen LogP contribution in [-0.2, 0) is 28.6 Å². The fourth-order valence-corrected chi connectivity index (χ4v) is 7.25. The van der Waals surface area contributed by atoms with Crippen molar-refractivity contribution in [3.63, 3.8) is 0 Å². The smallest absolute Gasteiger partial charge is 0.306 e. The highest BCUT2D eigenvalue weighted by molar-refractivity contribution is 5.71. The number of hydrogen-bond acceptors (Lipinski definition) is 6. The molecule has 0 saturated heterocycles. The summed E-state index contributed by atoms with van der Waals surface area (Å²) in [6.45, 7) is 6.41. The Balaban J connectivity index is 4.46. The molecule has 0 heterocycles. The molecule has 1 atom stereocenters. The van der Waals surface area contributed by atoms with E-state index in [9.17, 15) is 14.4 Å². The van der Waals surface area contributed by atoms with Crippen LogP contribution in [0.1, 0.15) is 245 Å². The second-order valence-electron chi connectivity index (χ2n) is 17.8. The van der Waals surface area contributed by atoms with Crippen LogP contribution in [0.3, 0.4) is 0 Å². The van der Waals surface area contributed by atoms with E-state index in [0.29, 0.717) is 19.3 Å². The van der Waals surface area contributed by atoms with Gasteiger partial charge < -0.3 is 14.2 Å². The van der Waals surface area contributed by atoms with Crippen LogP contribution in [0.25, 0.3) is 0 Å². The summed E-state index contributed by atoms with van der Waals surface area (Å²) in [7, 11) is 0. The minimum Gasteiger partial charge on any atom is -0.462 e. The lowest BCUT2D eigenvalue weighted by Crippen LogP contribution is -2.30. The molecular formula is C60H100O6. The number of unbranched alkanes of at least 4 members (excludes halogenated alkanes) is 21. The van der Waals surface area contributed by atoms with Crippen molar-refractivity contribution < 1.29 is 28.6 Å². The highest BCUT2D eigenvalue weighted by Crippen LogP contribution is 2.15. The minimum absolute atomic E-state index is 0.0980. The number of carbonyl (C=O) groups excluding carboxylic acids is 3. The number of esters is 3. The first-order valence-corrected chi connectivity index (χ1v) is 27.2. The van der Waals surface area contributed by atoms with Crippen LogP contribution in [0.4, 0.5) is 0 Å². The van der Waals surface area contributed by atoms with E-state index in [1.807, 2.05) is 0 Å². The maximum atomic E-state index is 12.8. The number of rotatable bonds is 48. The molecular weight excluding hydrogens is 817 g/mol. The van der Waals surface area contributed by atoms with Gasteiger partial charge in [0, 0.05) is 19.3 Å². The molecule has 0 rings (SSSR count). The second kappa shape index (κ2) is 53.9. The second-order valence-corrected chi connectivity index (χ2v) is 17.8. The van der Waals surface area contributed by atoms with Gasteiger partial charge in [-0.25, -0.2) is 0 Å². The fraction of sp³-hybridized carbons (Fsp3) is 0.683. The third-order valence-corrected chi connectivity index (χ3v) is 11.3. The Bertz CT molecular complexity index is 1330. The van der Waals surface area contributed by atoms with Crippen molar-refractivity contribution in [1.82, 2.24) is 0 Å². The average Bonchev–Trinajstić information content (AvgIpc) is 3.31. The number of hydrogen-bond donors (Lipinski definition) is 0. The monoisotopic (exact) mass is 917 g/mol. The standard InChI is InChI=1S/C60H100O6/c1-4-7-10-13-16-19-22-25-27-28-29-30-31-32-33-36-38-41-44-47-50-53-59(62)65-56-57(55-64-58(61)52-49-46-43-40-37-34-24-21-18-15-12-9-6-3)66-60(63)54-51-48-45-42-39-35-26-23-20-17-14-11-8-5-2/h7,10,12,15-16,19,21,24-25,27,29-30,32-33,38,41,57H,4-6,8-9,11,13-14,17-18,20,22-23,26,28,31,34-37,39-40,42-56H2,1-3H3/b10-7-,15-12-,19-16-,24-21-,27-25-,30-29-,33-32-,41-38-. The highest BCUT2D eigenvalue weighted by atomic mass is 16.6. The first-order chi connectivity index (χ1) is 32.5. The zero-order valence-corrected chi connectivity index (χ0v) is 42.9. The van der Waals surface area contributed by atoms with Crippen molar-refractivity contribution >= 4 is 17.9 Å². The molecule has 0 aromatic heterocycles. The van der Waals surface area contributed by atoms with Gasteiger partial charge in [-0.05, 0) is 96.3 Å². The molecule has 0 aliphatic carbocycles. The summed E-state index contributed by atoms with van der Waals surface area (Å²) < 4.78 is 16.8. The van der Waals surface area contributed by atoms with Gasteiger partial charge in [0.25, 0.3) is 0 Å². The largest absolute Gasteiger partial charge is 0.462 e. The third-order valence-electron chi connectivity index (χ3n) is 11.3. The molecule has 376 valence electrons. The van der Waals surface area contributed by atoms with Gasteiger partial charge in [-0.15, -0.1) is 0 Å². The molecule has 6 nitrogen and oxygen atoms in total. The number of ether oxygens (including phenoxy) is 3. The normalized spacial score (nSPS) is 12.8. The molecule has 0 aliphatic rings. The quantitative estimate of drug-likeness (QED) is 0.0262. The predicted octanol–water partition coefficient (Wildman–Crippen LogP) is 18.1. The van der Waals surface area contributed by atoms with Crippen LogP contribution in [0, 0.1) is 0 Å². The zero-order chi connectivity index (χ0) is 47.9. The van der Waals surface area contributed by atoms with E-state index < -0.39 is 6.10 Å². The van der Waals surface area contributed by atoms with Crippen molar-refractivity contribution in [2.45, 2.75) is 252 Å². The molecule has 1 unspecified atom stereocenters. The lowest BCUT2D eigenvalue weighted by molar-refractivity contribution is -0.167. The van der Waals surface area contributed by atoms with Gasteiger partial charge in [-0.3, -0.25) is 14.4 Å². The molecule has 0 fully saturated rings. The molecule has 0 bridgehead atoms. The summed E-state index contributed by atoms with van der Waals surface area (Å²) in [5.74, 6) is -0.954. The molecule has 0 aromatic carbocycles. The summed E-state index contributed by atoms with van der Waals surface area (Å²) in [5, 5.41) is 0. The van der Waals surface area contributed by atoms with Crippen LogP contribution in [0.5, 0.6) is 0 Å². The molecule has 0 radical (unpaired) electrons. The summed E-state index contributed by atoms with van der Waals surface area (Å²) in [6, 6.07) is 0. The Labute approximate surface area is 407 Å². The van der Waals surface area contributed by atoms with E-state index >= 15 is 0 Å². The Morgan fingerprint density at radius 2 is 0.621 bits per heavy atom. The summed E-state index contributed by atoms with van der Waals surface area (Å²) in [6.07, 6.45) is 71.1. The summed E-state index contributed by atoms with van der Waals surface area (Å²) >= 11 is 0. The SMILES string of the molecule is CC/C=C\C/C=C\C/C=C\C/C=C\C/C=C\C/C=C\CCCCC(=O)OCC(COC(=O)CCCCCCC/C=C\C/C=C\CCC)OC(=O)CCCCCCCCCCCCCCCC. The van der Waals surface area contributed by atoms with E-state index in [1.54, 1.807) is 0 Å². The maximum absolute atomic E-state index is 12.8. The van der Waals surface area contributed by atoms with E-state index in [4.69, 9.17) is 14.2 Å². The maximum Gasteiger partial charge on any atom is 0.306 e. The summed E-state index contributed by atoms with van der Waals surface area (Å²) in [4.78, 5) is 38.0. The number of allylic oxidation sites excluding steroid dienone is 16. The van der Waals surface area contributed by atoms with E-state index in [1.165, 1.54) is 77.0 Å². The lowest BCUT2D eigenvalue weighted by atomic mass is 10.0. The van der Waals surface area contributed by atoms with Gasteiger partial charge in [-0.1, -0.05) is 227 Å². The van der Waals surface area contributed by atoms with Crippen molar-refractivity contribution in [1.29, 1.82) is 0 Å². The minimum atomic E-state index is -0.800. The Morgan fingerprint density at radius 3 is 1.02 bits per heavy atom. The van der Waals surface area contributed by atoms with Gasteiger partial charge in [-0.2, -0.15) is 0 Å². The molecule has 0 spiro atoms. The van der Waals surface area contributed by atoms with Crippen LogP contribution < -0.4 is 0 Å². The van der Waals surface area contributed by atoms with Gasteiger partial charge in [0.05, 0.1) is 0 Å². The molecule has 0 aromatic rings. The van der Waals surface area contributed by atoms with Crippen LogP contribution >= 0.6 is 0 Å². The summed E-state index contributed by atoms with van der Waals surface area (Å²) in [5.41, 5.74) is 0. The van der Waals surface area contributed by atoms with Gasteiger partial charge in [0.15, 0.2) is 6.10 Å². The Hall–Kier alpha value is -3.67. The van der Waals surface area contributed by atoms with Gasteiger partial charge >= 0.3 is 17.9 Å². The average molecular weight is 917 g/mol. The molecule has 0 saturated carbocycles. The van der Waals surface area contributed by atoms with Crippen molar-refractivity contribution in [2.24, 2.45) is 0 Å². The molecule has 0 amide bonds.